The molecule has 28 heavy (non-hydrogen) atoms. The number of nitrogens with zero attached hydrogens (tertiary/aromatic N) is 3. The van der Waals surface area contributed by atoms with Crippen molar-refractivity contribution in [1.29, 1.82) is 0 Å². The Labute approximate surface area is 167 Å². The molecule has 0 fully saturated rings. The molecule has 0 atom stereocenters. The van der Waals surface area contributed by atoms with Crippen LogP contribution in [0.1, 0.15) is 20.9 Å². The quantitative estimate of drug-likeness (QED) is 0.518. The number of aromatic nitrogens is 3. The van der Waals surface area contributed by atoms with Gasteiger partial charge in [0.05, 0.1) is 11.9 Å². The molecule has 9 heteroatoms. The molecule has 0 bridgehead atoms. The number of rotatable bonds is 5. The van der Waals surface area contributed by atoms with Gasteiger partial charge >= 0.3 is 0 Å². The van der Waals surface area contributed by atoms with E-state index in [9.17, 15) is 13.6 Å². The average Bonchev–Trinajstić information content (AvgIpc) is 3.40. The first kappa shape index (κ1) is 18.5. The minimum atomic E-state index is -0.708. The van der Waals surface area contributed by atoms with Crippen molar-refractivity contribution in [2.24, 2.45) is 0 Å². The average molecular weight is 416 g/mol. The SMILES string of the molecule is Cc1nc(-c2ccsc2)sc1C(=O)NCc1cnn(-c2ccc(F)cc2F)c1. The zero-order chi connectivity index (χ0) is 19.7. The number of nitrogens with one attached hydrogen (secondary N) is 1. The first-order valence-electron chi connectivity index (χ1n) is 8.28. The predicted octanol–water partition coefficient (Wildman–Crippen LogP) is 4.57. The van der Waals surface area contributed by atoms with Crippen molar-refractivity contribution in [3.63, 3.8) is 0 Å². The number of hydrogen-bond acceptors (Lipinski definition) is 5. The lowest BCUT2D eigenvalue weighted by molar-refractivity contribution is 0.0954. The van der Waals surface area contributed by atoms with E-state index in [0.717, 1.165) is 16.6 Å². The highest BCUT2D eigenvalue weighted by atomic mass is 32.1. The molecule has 0 aliphatic heterocycles. The molecule has 4 aromatic rings. The second-order valence-electron chi connectivity index (χ2n) is 6.02. The van der Waals surface area contributed by atoms with Crippen molar-refractivity contribution in [3.8, 4) is 16.3 Å². The molecule has 0 radical (unpaired) electrons. The summed E-state index contributed by atoms with van der Waals surface area (Å²) < 4.78 is 28.2. The number of carbonyl (C=O) groups excluding carboxylic acids is 1. The minimum absolute atomic E-state index is 0.137. The van der Waals surface area contributed by atoms with Gasteiger partial charge in [-0.3, -0.25) is 4.79 Å². The fourth-order valence-electron chi connectivity index (χ4n) is 2.63. The van der Waals surface area contributed by atoms with Crippen LogP contribution in [-0.4, -0.2) is 20.7 Å². The van der Waals surface area contributed by atoms with Gasteiger partial charge in [0.25, 0.3) is 5.91 Å². The number of thiophene rings is 1. The van der Waals surface area contributed by atoms with Crippen molar-refractivity contribution in [2.45, 2.75) is 13.5 Å². The lowest BCUT2D eigenvalue weighted by Crippen LogP contribution is -2.22. The Kier molecular flexibility index (Phi) is 5.01. The van der Waals surface area contributed by atoms with Crippen LogP contribution in [0.25, 0.3) is 16.3 Å². The third-order valence-electron chi connectivity index (χ3n) is 4.02. The van der Waals surface area contributed by atoms with Crippen LogP contribution in [0.3, 0.4) is 0 Å². The van der Waals surface area contributed by atoms with Crippen LogP contribution in [0.2, 0.25) is 0 Å². The minimum Gasteiger partial charge on any atom is -0.347 e. The van der Waals surface area contributed by atoms with E-state index in [1.807, 2.05) is 16.8 Å². The van der Waals surface area contributed by atoms with Gasteiger partial charge in [-0.1, -0.05) is 0 Å². The van der Waals surface area contributed by atoms with Crippen LogP contribution in [0.15, 0.2) is 47.4 Å². The van der Waals surface area contributed by atoms with Crippen LogP contribution in [0, 0.1) is 18.6 Å². The highest BCUT2D eigenvalue weighted by Gasteiger charge is 2.16. The molecule has 3 aromatic heterocycles. The maximum absolute atomic E-state index is 13.9. The molecule has 0 unspecified atom stereocenters. The van der Waals surface area contributed by atoms with Gasteiger partial charge < -0.3 is 5.32 Å². The highest BCUT2D eigenvalue weighted by Crippen LogP contribution is 2.29. The van der Waals surface area contributed by atoms with Gasteiger partial charge in [-0.05, 0) is 30.5 Å². The summed E-state index contributed by atoms with van der Waals surface area (Å²) in [7, 11) is 0. The maximum atomic E-state index is 13.9. The standard InChI is InChI=1S/C19H14F2N4OS2/c1-11-17(28-19(24-11)13-4-5-27-10-13)18(26)22-7-12-8-23-25(9-12)16-3-2-14(20)6-15(16)21/h2-6,8-10H,7H2,1H3,(H,22,26). The second-order valence-corrected chi connectivity index (χ2v) is 7.80. The third kappa shape index (κ3) is 3.71. The molecule has 0 spiro atoms. The Morgan fingerprint density at radius 2 is 2.14 bits per heavy atom. The molecule has 1 aromatic carbocycles. The fourth-order valence-corrected chi connectivity index (χ4v) is 4.32. The number of halogens is 2. The van der Waals surface area contributed by atoms with E-state index in [2.05, 4.69) is 15.4 Å². The van der Waals surface area contributed by atoms with Crippen LogP contribution in [0.5, 0.6) is 0 Å². The molecular formula is C19H14F2N4OS2. The molecule has 1 amide bonds. The van der Waals surface area contributed by atoms with Crippen molar-refractivity contribution in [2.75, 3.05) is 0 Å². The highest BCUT2D eigenvalue weighted by molar-refractivity contribution is 7.17. The van der Waals surface area contributed by atoms with Gasteiger partial charge in [-0.25, -0.2) is 18.4 Å². The van der Waals surface area contributed by atoms with E-state index < -0.39 is 11.6 Å². The number of carbonyl (C=O) groups is 1. The maximum Gasteiger partial charge on any atom is 0.263 e. The van der Waals surface area contributed by atoms with Crippen LogP contribution < -0.4 is 5.32 Å². The van der Waals surface area contributed by atoms with Gasteiger partial charge in [0.1, 0.15) is 21.4 Å². The number of aryl methyl sites for hydroxylation is 1. The van der Waals surface area contributed by atoms with Crippen LogP contribution >= 0.6 is 22.7 Å². The summed E-state index contributed by atoms with van der Waals surface area (Å²) >= 11 is 2.92. The van der Waals surface area contributed by atoms with E-state index in [4.69, 9.17) is 0 Å². The van der Waals surface area contributed by atoms with Gasteiger partial charge in [0.2, 0.25) is 0 Å². The number of thiazole rings is 1. The van der Waals surface area contributed by atoms with Gasteiger partial charge in [-0.2, -0.15) is 16.4 Å². The number of amides is 1. The third-order valence-corrected chi connectivity index (χ3v) is 5.91. The summed E-state index contributed by atoms with van der Waals surface area (Å²) in [5, 5.41) is 11.7. The monoisotopic (exact) mass is 416 g/mol. The molecule has 0 saturated carbocycles. The van der Waals surface area contributed by atoms with E-state index in [0.29, 0.717) is 16.1 Å². The Morgan fingerprint density at radius 1 is 1.29 bits per heavy atom. The van der Waals surface area contributed by atoms with Gasteiger partial charge in [-0.15, -0.1) is 11.3 Å². The Balaban J connectivity index is 1.45. The largest absolute Gasteiger partial charge is 0.347 e. The lowest BCUT2D eigenvalue weighted by atomic mass is 10.3. The smallest absolute Gasteiger partial charge is 0.263 e. The number of benzene rings is 1. The molecule has 0 aliphatic rings. The summed E-state index contributed by atoms with van der Waals surface area (Å²) in [6.07, 6.45) is 3.12. The molecule has 142 valence electrons. The fraction of sp³-hybridized carbons (Fsp3) is 0.105. The number of hydrogen-bond donors (Lipinski definition) is 1. The van der Waals surface area contributed by atoms with Crippen LogP contribution in [-0.2, 0) is 6.54 Å². The van der Waals surface area contributed by atoms with E-state index in [-0.39, 0.29) is 18.1 Å². The van der Waals surface area contributed by atoms with Crippen molar-refractivity contribution >= 4 is 28.6 Å². The summed E-state index contributed by atoms with van der Waals surface area (Å²) in [5.41, 5.74) is 2.50. The second kappa shape index (κ2) is 7.61. The first-order valence-corrected chi connectivity index (χ1v) is 10.0. The molecule has 1 N–H and O–H groups in total. The van der Waals surface area contributed by atoms with E-state index >= 15 is 0 Å². The molecular weight excluding hydrogens is 402 g/mol. The van der Waals surface area contributed by atoms with E-state index in [1.54, 1.807) is 24.5 Å². The molecule has 0 saturated heterocycles. The van der Waals surface area contributed by atoms with Crippen molar-refractivity contribution in [1.82, 2.24) is 20.1 Å². The molecule has 0 aliphatic carbocycles. The topological polar surface area (TPSA) is 59.8 Å². The van der Waals surface area contributed by atoms with E-state index in [1.165, 1.54) is 34.3 Å². The lowest BCUT2D eigenvalue weighted by Gasteiger charge is -2.03. The Bertz CT molecular complexity index is 1130. The Morgan fingerprint density at radius 3 is 2.89 bits per heavy atom. The zero-order valence-corrected chi connectivity index (χ0v) is 16.3. The van der Waals surface area contributed by atoms with Crippen molar-refractivity contribution in [3.05, 3.63) is 75.2 Å². The van der Waals surface area contributed by atoms with Gasteiger partial charge in [0, 0.05) is 35.3 Å². The van der Waals surface area contributed by atoms with Crippen LogP contribution in [0.4, 0.5) is 8.78 Å². The first-order chi connectivity index (χ1) is 13.5. The normalized spacial score (nSPS) is 11.0. The summed E-state index contributed by atoms with van der Waals surface area (Å²) in [6.45, 7) is 2.03. The predicted molar refractivity (Wildman–Crippen MR) is 105 cm³/mol. The zero-order valence-electron chi connectivity index (χ0n) is 14.6. The van der Waals surface area contributed by atoms with Crippen molar-refractivity contribution < 1.29 is 13.6 Å². The summed E-state index contributed by atoms with van der Waals surface area (Å²) in [4.78, 5) is 17.5. The van der Waals surface area contributed by atoms with Gasteiger partial charge in [0.15, 0.2) is 5.82 Å². The molecule has 5 nitrogen and oxygen atoms in total. The summed E-state index contributed by atoms with van der Waals surface area (Å²) in [5.74, 6) is -1.58. The molecule has 4 rings (SSSR count). The Hall–Kier alpha value is -2.91. The molecule has 3 heterocycles. The summed E-state index contributed by atoms with van der Waals surface area (Å²) in [6, 6.07) is 5.25.